The quantitative estimate of drug-likeness (QED) is 0.884. The summed E-state index contributed by atoms with van der Waals surface area (Å²) in [5.74, 6) is -1.23. The number of hydrogen-bond donors (Lipinski definition) is 1. The number of carbonyl (C=O) groups excluding carboxylic acids is 1. The molecule has 0 saturated heterocycles. The summed E-state index contributed by atoms with van der Waals surface area (Å²) in [6.45, 7) is 1.90. The molecule has 2 aromatic rings. The Hall–Kier alpha value is -1.88. The second-order valence-electron chi connectivity index (χ2n) is 4.32. The van der Waals surface area contributed by atoms with Crippen LogP contribution >= 0.6 is 15.9 Å². The molecule has 1 aromatic heterocycles. The third-order valence-corrected chi connectivity index (χ3v) is 3.80. The molecule has 0 aliphatic carbocycles. The van der Waals surface area contributed by atoms with Gasteiger partial charge in [-0.05, 0) is 36.8 Å². The standard InChI is InChI=1S/C14H12BrNO3/c1-8-5-9(3-4-11(8)15)13(17)10-6-12(14(18)19)16(2)7-10/h3-7H,1-2H3,(H,18,19). The minimum Gasteiger partial charge on any atom is -0.477 e. The Morgan fingerprint density at radius 3 is 2.42 bits per heavy atom. The number of halogens is 1. The molecule has 0 radical (unpaired) electrons. The summed E-state index contributed by atoms with van der Waals surface area (Å²) in [5, 5.41) is 8.97. The first-order chi connectivity index (χ1) is 8.90. The van der Waals surface area contributed by atoms with Gasteiger partial charge in [0, 0.05) is 28.8 Å². The van der Waals surface area contributed by atoms with Gasteiger partial charge in [0.15, 0.2) is 5.78 Å². The molecular weight excluding hydrogens is 310 g/mol. The first-order valence-electron chi connectivity index (χ1n) is 5.60. The normalized spacial score (nSPS) is 10.5. The van der Waals surface area contributed by atoms with Crippen molar-refractivity contribution >= 4 is 27.7 Å². The molecule has 0 unspecified atom stereocenters. The van der Waals surface area contributed by atoms with Crippen LogP contribution in [0.3, 0.4) is 0 Å². The number of carbonyl (C=O) groups is 2. The number of nitrogens with zero attached hydrogens (tertiary/aromatic N) is 1. The summed E-state index contributed by atoms with van der Waals surface area (Å²) in [6.07, 6.45) is 1.53. The van der Waals surface area contributed by atoms with E-state index in [2.05, 4.69) is 15.9 Å². The monoisotopic (exact) mass is 321 g/mol. The summed E-state index contributed by atoms with van der Waals surface area (Å²) in [4.78, 5) is 23.2. The first-order valence-corrected chi connectivity index (χ1v) is 6.40. The number of aryl methyl sites for hydroxylation is 2. The van der Waals surface area contributed by atoms with E-state index in [-0.39, 0.29) is 11.5 Å². The van der Waals surface area contributed by atoms with Gasteiger partial charge in [-0.15, -0.1) is 0 Å². The second kappa shape index (κ2) is 5.01. The Balaban J connectivity index is 2.41. The molecule has 19 heavy (non-hydrogen) atoms. The summed E-state index contributed by atoms with van der Waals surface area (Å²) in [5.41, 5.74) is 1.97. The number of carboxylic acids is 1. The van der Waals surface area contributed by atoms with Gasteiger partial charge in [0.2, 0.25) is 0 Å². The van der Waals surface area contributed by atoms with E-state index in [9.17, 15) is 9.59 Å². The molecule has 1 heterocycles. The van der Waals surface area contributed by atoms with Gasteiger partial charge in [-0.1, -0.05) is 15.9 Å². The highest BCUT2D eigenvalue weighted by molar-refractivity contribution is 9.10. The molecule has 1 N–H and O–H groups in total. The zero-order chi connectivity index (χ0) is 14.2. The van der Waals surface area contributed by atoms with E-state index in [0.717, 1.165) is 10.0 Å². The molecule has 0 fully saturated rings. The van der Waals surface area contributed by atoms with Crippen LogP contribution in [0.25, 0.3) is 0 Å². The molecule has 2 rings (SSSR count). The Kier molecular flexibility index (Phi) is 3.57. The molecule has 0 spiro atoms. The number of rotatable bonds is 3. The maximum absolute atomic E-state index is 12.3. The lowest BCUT2D eigenvalue weighted by Gasteiger charge is -2.02. The van der Waals surface area contributed by atoms with Gasteiger partial charge < -0.3 is 9.67 Å². The zero-order valence-electron chi connectivity index (χ0n) is 10.5. The first kappa shape index (κ1) is 13.5. The Bertz CT molecular complexity index is 673. The third kappa shape index (κ3) is 2.61. The summed E-state index contributed by atoms with van der Waals surface area (Å²) < 4.78 is 2.37. The van der Waals surface area contributed by atoms with E-state index in [0.29, 0.717) is 11.1 Å². The fraction of sp³-hybridized carbons (Fsp3) is 0.143. The molecule has 0 atom stereocenters. The predicted molar refractivity (Wildman–Crippen MR) is 74.7 cm³/mol. The van der Waals surface area contributed by atoms with Gasteiger partial charge in [-0.2, -0.15) is 0 Å². The van der Waals surface area contributed by atoms with Gasteiger partial charge in [0.1, 0.15) is 5.69 Å². The van der Waals surface area contributed by atoms with Crippen molar-refractivity contribution in [2.24, 2.45) is 7.05 Å². The number of hydrogen-bond acceptors (Lipinski definition) is 2. The van der Waals surface area contributed by atoms with Crippen molar-refractivity contribution in [3.63, 3.8) is 0 Å². The zero-order valence-corrected chi connectivity index (χ0v) is 12.1. The van der Waals surface area contributed by atoms with Crippen LogP contribution in [-0.4, -0.2) is 21.4 Å². The van der Waals surface area contributed by atoms with Crippen LogP contribution in [0.15, 0.2) is 34.9 Å². The minimum atomic E-state index is -1.05. The molecule has 4 nitrogen and oxygen atoms in total. The van der Waals surface area contributed by atoms with E-state index in [1.165, 1.54) is 16.8 Å². The predicted octanol–water partition coefficient (Wildman–Crippen LogP) is 3.03. The molecule has 0 amide bonds. The molecular formula is C14H12BrNO3. The van der Waals surface area contributed by atoms with Crippen molar-refractivity contribution < 1.29 is 14.7 Å². The molecule has 5 heteroatoms. The topological polar surface area (TPSA) is 59.3 Å². The fourth-order valence-corrected chi connectivity index (χ4v) is 2.10. The molecule has 98 valence electrons. The number of aromatic carboxylic acids is 1. The highest BCUT2D eigenvalue weighted by atomic mass is 79.9. The summed E-state index contributed by atoms with van der Waals surface area (Å²) in [7, 11) is 1.60. The fourth-order valence-electron chi connectivity index (χ4n) is 1.85. The number of ketones is 1. The number of carboxylic acid groups (broad SMARTS) is 1. The lowest BCUT2D eigenvalue weighted by Crippen LogP contribution is -2.02. The van der Waals surface area contributed by atoms with Crippen LogP contribution in [0.1, 0.15) is 32.0 Å². The van der Waals surface area contributed by atoms with Crippen LogP contribution in [0, 0.1) is 6.92 Å². The van der Waals surface area contributed by atoms with E-state index in [1.54, 1.807) is 19.2 Å². The highest BCUT2D eigenvalue weighted by Crippen LogP contribution is 2.20. The molecule has 0 saturated carbocycles. The van der Waals surface area contributed by atoms with Crippen molar-refractivity contribution in [2.45, 2.75) is 6.92 Å². The molecule has 0 aliphatic rings. The lowest BCUT2D eigenvalue weighted by molar-refractivity contribution is 0.0686. The van der Waals surface area contributed by atoms with E-state index >= 15 is 0 Å². The largest absolute Gasteiger partial charge is 0.477 e. The third-order valence-electron chi connectivity index (χ3n) is 2.91. The van der Waals surface area contributed by atoms with Crippen LogP contribution in [0.5, 0.6) is 0 Å². The van der Waals surface area contributed by atoms with E-state index in [4.69, 9.17) is 5.11 Å². The number of benzene rings is 1. The van der Waals surface area contributed by atoms with Gasteiger partial charge >= 0.3 is 5.97 Å². The highest BCUT2D eigenvalue weighted by Gasteiger charge is 2.16. The molecule has 0 bridgehead atoms. The Morgan fingerprint density at radius 1 is 1.21 bits per heavy atom. The van der Waals surface area contributed by atoms with Gasteiger partial charge in [-0.3, -0.25) is 4.79 Å². The summed E-state index contributed by atoms with van der Waals surface area (Å²) in [6, 6.07) is 6.69. The van der Waals surface area contributed by atoms with Crippen molar-refractivity contribution in [3.8, 4) is 0 Å². The van der Waals surface area contributed by atoms with Crippen LogP contribution in [0.2, 0.25) is 0 Å². The van der Waals surface area contributed by atoms with E-state index < -0.39 is 5.97 Å². The van der Waals surface area contributed by atoms with Crippen LogP contribution in [0.4, 0.5) is 0 Å². The maximum atomic E-state index is 12.3. The van der Waals surface area contributed by atoms with Gasteiger partial charge in [-0.25, -0.2) is 4.79 Å². The molecule has 1 aromatic carbocycles. The average molecular weight is 322 g/mol. The Morgan fingerprint density at radius 2 is 1.89 bits per heavy atom. The molecule has 0 aliphatic heterocycles. The van der Waals surface area contributed by atoms with Crippen molar-refractivity contribution in [1.82, 2.24) is 4.57 Å². The summed E-state index contributed by atoms with van der Waals surface area (Å²) >= 11 is 3.38. The smallest absolute Gasteiger partial charge is 0.352 e. The lowest BCUT2D eigenvalue weighted by atomic mass is 10.0. The SMILES string of the molecule is Cc1cc(C(=O)c2cc(C(=O)O)n(C)c2)ccc1Br. The minimum absolute atomic E-state index is 0.0946. The maximum Gasteiger partial charge on any atom is 0.352 e. The van der Waals surface area contributed by atoms with Crippen LogP contribution < -0.4 is 0 Å². The average Bonchev–Trinajstić information content (AvgIpc) is 2.74. The van der Waals surface area contributed by atoms with Gasteiger partial charge in [0.05, 0.1) is 0 Å². The van der Waals surface area contributed by atoms with Crippen molar-refractivity contribution in [2.75, 3.05) is 0 Å². The second-order valence-corrected chi connectivity index (χ2v) is 5.18. The van der Waals surface area contributed by atoms with Crippen molar-refractivity contribution in [3.05, 3.63) is 57.3 Å². The van der Waals surface area contributed by atoms with E-state index in [1.807, 2.05) is 13.0 Å². The number of aromatic nitrogens is 1. The Labute approximate surface area is 118 Å². The van der Waals surface area contributed by atoms with Crippen molar-refractivity contribution in [1.29, 1.82) is 0 Å². The van der Waals surface area contributed by atoms with Gasteiger partial charge in [0.25, 0.3) is 0 Å². The van der Waals surface area contributed by atoms with Crippen LogP contribution in [-0.2, 0) is 7.05 Å².